The van der Waals surface area contributed by atoms with Gasteiger partial charge in [0.05, 0.1) is 11.3 Å². The van der Waals surface area contributed by atoms with Gasteiger partial charge >= 0.3 is 0 Å². The summed E-state index contributed by atoms with van der Waals surface area (Å²) >= 11 is 5.96. The SMILES string of the molecule is CC1CCCN(Cc2c(O)ccc3c(Cc4ccc(Cl)cc4)noc23)C1. The summed E-state index contributed by atoms with van der Waals surface area (Å²) in [7, 11) is 0. The highest BCUT2D eigenvalue weighted by Crippen LogP contribution is 2.32. The Kier molecular flexibility index (Phi) is 4.88. The van der Waals surface area contributed by atoms with Crippen LogP contribution >= 0.6 is 11.6 Å². The van der Waals surface area contributed by atoms with E-state index in [9.17, 15) is 5.11 Å². The average molecular weight is 371 g/mol. The van der Waals surface area contributed by atoms with Crippen LogP contribution in [0.3, 0.4) is 0 Å². The van der Waals surface area contributed by atoms with E-state index in [4.69, 9.17) is 16.1 Å². The molecule has 2 heterocycles. The first-order valence-electron chi connectivity index (χ1n) is 9.16. The zero-order valence-corrected chi connectivity index (χ0v) is 15.7. The molecule has 0 amide bonds. The number of aromatic nitrogens is 1. The first kappa shape index (κ1) is 17.4. The van der Waals surface area contributed by atoms with Crippen LogP contribution in [0.5, 0.6) is 5.75 Å². The summed E-state index contributed by atoms with van der Waals surface area (Å²) in [5.41, 5.74) is 3.55. The third kappa shape index (κ3) is 3.57. The smallest absolute Gasteiger partial charge is 0.175 e. The molecule has 1 aromatic heterocycles. The predicted molar refractivity (Wildman–Crippen MR) is 104 cm³/mol. The molecule has 0 saturated carbocycles. The lowest BCUT2D eigenvalue weighted by atomic mass is 9.99. The van der Waals surface area contributed by atoms with Crippen molar-refractivity contribution in [2.75, 3.05) is 13.1 Å². The van der Waals surface area contributed by atoms with Crippen LogP contribution in [0.1, 0.15) is 36.6 Å². The van der Waals surface area contributed by atoms with Crippen LogP contribution in [-0.4, -0.2) is 28.3 Å². The number of benzene rings is 2. The molecule has 5 heteroatoms. The monoisotopic (exact) mass is 370 g/mol. The summed E-state index contributed by atoms with van der Waals surface area (Å²) in [5.74, 6) is 0.977. The molecule has 26 heavy (non-hydrogen) atoms. The number of phenols is 1. The third-order valence-electron chi connectivity index (χ3n) is 5.20. The van der Waals surface area contributed by atoms with Crippen LogP contribution in [0, 0.1) is 5.92 Å². The summed E-state index contributed by atoms with van der Waals surface area (Å²) < 4.78 is 5.66. The van der Waals surface area contributed by atoms with Crippen molar-refractivity contribution in [3.63, 3.8) is 0 Å². The molecule has 1 saturated heterocycles. The lowest BCUT2D eigenvalue weighted by molar-refractivity contribution is 0.175. The minimum absolute atomic E-state index is 0.282. The number of halogens is 1. The first-order valence-corrected chi connectivity index (χ1v) is 9.54. The van der Waals surface area contributed by atoms with Crippen LogP contribution in [0.15, 0.2) is 40.9 Å². The van der Waals surface area contributed by atoms with Gasteiger partial charge in [-0.05, 0) is 55.1 Å². The topological polar surface area (TPSA) is 49.5 Å². The molecule has 1 fully saturated rings. The maximum absolute atomic E-state index is 10.4. The molecule has 4 rings (SSSR count). The highest BCUT2D eigenvalue weighted by Gasteiger charge is 2.21. The zero-order chi connectivity index (χ0) is 18.1. The van der Waals surface area contributed by atoms with Gasteiger partial charge in [-0.3, -0.25) is 4.90 Å². The molecule has 0 radical (unpaired) electrons. The minimum Gasteiger partial charge on any atom is -0.507 e. The molecule has 1 aliphatic heterocycles. The number of aromatic hydroxyl groups is 1. The molecular weight excluding hydrogens is 348 g/mol. The minimum atomic E-state index is 0.282. The van der Waals surface area contributed by atoms with Crippen molar-refractivity contribution in [2.45, 2.75) is 32.7 Å². The number of hydrogen-bond donors (Lipinski definition) is 1. The molecule has 0 spiro atoms. The molecule has 4 nitrogen and oxygen atoms in total. The van der Waals surface area contributed by atoms with E-state index < -0.39 is 0 Å². The highest BCUT2D eigenvalue weighted by atomic mass is 35.5. The second-order valence-corrected chi connectivity index (χ2v) is 7.79. The van der Waals surface area contributed by atoms with Gasteiger partial charge in [0, 0.05) is 29.9 Å². The predicted octanol–water partition coefficient (Wildman–Crippen LogP) is 5.01. The van der Waals surface area contributed by atoms with Gasteiger partial charge < -0.3 is 9.63 Å². The fourth-order valence-corrected chi connectivity index (χ4v) is 3.95. The maximum atomic E-state index is 10.4. The molecule has 2 aromatic carbocycles. The van der Waals surface area contributed by atoms with Crippen molar-refractivity contribution in [3.05, 3.63) is 58.2 Å². The Morgan fingerprint density at radius 2 is 2.04 bits per heavy atom. The lowest BCUT2D eigenvalue weighted by Crippen LogP contribution is -2.33. The van der Waals surface area contributed by atoms with Crippen molar-refractivity contribution >= 4 is 22.6 Å². The van der Waals surface area contributed by atoms with E-state index in [1.807, 2.05) is 30.3 Å². The summed E-state index contributed by atoms with van der Waals surface area (Å²) in [5, 5.41) is 16.4. The maximum Gasteiger partial charge on any atom is 0.175 e. The summed E-state index contributed by atoms with van der Waals surface area (Å²) in [4.78, 5) is 2.39. The van der Waals surface area contributed by atoms with Crippen LogP contribution < -0.4 is 0 Å². The van der Waals surface area contributed by atoms with Gasteiger partial charge in [-0.2, -0.15) is 0 Å². The number of fused-ring (bicyclic) bond motifs is 1. The number of piperidine rings is 1. The second-order valence-electron chi connectivity index (χ2n) is 7.35. The van der Waals surface area contributed by atoms with Crippen LogP contribution in [0.2, 0.25) is 5.02 Å². The Morgan fingerprint density at radius 3 is 2.81 bits per heavy atom. The van der Waals surface area contributed by atoms with E-state index in [1.54, 1.807) is 6.07 Å². The Morgan fingerprint density at radius 1 is 1.23 bits per heavy atom. The van der Waals surface area contributed by atoms with E-state index in [0.717, 1.165) is 40.3 Å². The van der Waals surface area contributed by atoms with E-state index in [1.165, 1.54) is 12.8 Å². The molecule has 1 N–H and O–H groups in total. The number of likely N-dealkylation sites (tertiary alicyclic amines) is 1. The molecule has 1 aliphatic rings. The highest BCUT2D eigenvalue weighted by molar-refractivity contribution is 6.30. The Hall–Kier alpha value is -2.04. The van der Waals surface area contributed by atoms with Crippen molar-refractivity contribution in [1.29, 1.82) is 0 Å². The Balaban J connectivity index is 1.63. The van der Waals surface area contributed by atoms with Gasteiger partial charge in [0.1, 0.15) is 5.75 Å². The summed E-state index contributed by atoms with van der Waals surface area (Å²) in [6, 6.07) is 11.4. The molecule has 1 atom stereocenters. The number of hydrogen-bond acceptors (Lipinski definition) is 4. The second kappa shape index (κ2) is 7.29. The Labute approximate surface area is 158 Å². The Bertz CT molecular complexity index is 904. The van der Waals surface area contributed by atoms with Crippen molar-refractivity contribution in [2.24, 2.45) is 5.92 Å². The van der Waals surface area contributed by atoms with Crippen LogP contribution in [-0.2, 0) is 13.0 Å². The zero-order valence-electron chi connectivity index (χ0n) is 14.9. The van der Waals surface area contributed by atoms with Gasteiger partial charge in [0.2, 0.25) is 0 Å². The van der Waals surface area contributed by atoms with Gasteiger partial charge in [-0.1, -0.05) is 35.8 Å². The van der Waals surface area contributed by atoms with E-state index >= 15 is 0 Å². The fourth-order valence-electron chi connectivity index (χ4n) is 3.83. The first-order chi connectivity index (χ1) is 12.6. The molecule has 0 bridgehead atoms. The average Bonchev–Trinajstić information content (AvgIpc) is 3.02. The number of nitrogens with zero attached hydrogens (tertiary/aromatic N) is 2. The van der Waals surface area contributed by atoms with Crippen molar-refractivity contribution in [1.82, 2.24) is 10.1 Å². The van der Waals surface area contributed by atoms with Crippen molar-refractivity contribution in [3.8, 4) is 5.75 Å². The van der Waals surface area contributed by atoms with Gasteiger partial charge in [0.15, 0.2) is 5.58 Å². The molecular formula is C21H23ClN2O2. The third-order valence-corrected chi connectivity index (χ3v) is 5.45. The van der Waals surface area contributed by atoms with E-state index in [0.29, 0.717) is 24.5 Å². The molecule has 0 aliphatic carbocycles. The van der Waals surface area contributed by atoms with E-state index in [2.05, 4.69) is 17.0 Å². The number of rotatable bonds is 4. The molecule has 1 unspecified atom stereocenters. The van der Waals surface area contributed by atoms with Gasteiger partial charge in [-0.25, -0.2) is 0 Å². The molecule has 3 aromatic rings. The van der Waals surface area contributed by atoms with E-state index in [-0.39, 0.29) is 5.75 Å². The quantitative estimate of drug-likeness (QED) is 0.701. The standard InChI is InChI=1S/C21H23ClN2O2/c1-14-3-2-10-24(12-14)13-18-20(25)9-8-17-19(23-26-21(17)18)11-15-4-6-16(22)7-5-15/h4-9,14,25H,2-3,10-13H2,1H3. The largest absolute Gasteiger partial charge is 0.507 e. The number of phenolic OH excluding ortho intramolecular Hbond substituents is 1. The van der Waals surface area contributed by atoms with Gasteiger partial charge in [-0.15, -0.1) is 0 Å². The normalized spacial score (nSPS) is 18.5. The van der Waals surface area contributed by atoms with Crippen molar-refractivity contribution < 1.29 is 9.63 Å². The van der Waals surface area contributed by atoms with Crippen LogP contribution in [0.4, 0.5) is 0 Å². The lowest BCUT2D eigenvalue weighted by Gasteiger charge is -2.30. The van der Waals surface area contributed by atoms with Gasteiger partial charge in [0.25, 0.3) is 0 Å². The summed E-state index contributed by atoms with van der Waals surface area (Å²) in [6.07, 6.45) is 3.16. The fraction of sp³-hybridized carbons (Fsp3) is 0.381. The van der Waals surface area contributed by atoms with Crippen LogP contribution in [0.25, 0.3) is 11.0 Å². The molecule has 136 valence electrons. The summed E-state index contributed by atoms with van der Waals surface area (Å²) in [6.45, 7) is 5.10.